The van der Waals surface area contributed by atoms with Gasteiger partial charge in [0.05, 0.1) is 11.8 Å². The maximum atomic E-state index is 10.5. The van der Waals surface area contributed by atoms with Crippen LogP contribution in [0.15, 0.2) is 6.20 Å². The molecule has 1 atom stereocenters. The van der Waals surface area contributed by atoms with Gasteiger partial charge in [-0.3, -0.25) is 9.48 Å². The fraction of sp³-hybridized carbons (Fsp3) is 0.556. The quantitative estimate of drug-likeness (QED) is 0.643. The Morgan fingerprint density at radius 1 is 1.75 bits per heavy atom. The van der Waals surface area contributed by atoms with Crippen molar-refractivity contribution in [3.05, 3.63) is 17.5 Å². The fourth-order valence-corrected chi connectivity index (χ4v) is 1.17. The minimum Gasteiger partial charge on any atom is -0.298 e. The molecule has 0 amide bonds. The molecule has 0 unspecified atom stereocenters. The van der Waals surface area contributed by atoms with E-state index in [2.05, 4.69) is 18.9 Å². The molecule has 0 saturated carbocycles. The summed E-state index contributed by atoms with van der Waals surface area (Å²) in [6, 6.07) is 0.374. The molecule has 0 aliphatic carbocycles. The van der Waals surface area contributed by atoms with E-state index >= 15 is 0 Å². The third-order valence-corrected chi connectivity index (χ3v) is 2.22. The number of hydrogen-bond acceptors (Lipinski definition) is 2. The fourth-order valence-electron chi connectivity index (χ4n) is 1.17. The smallest absolute Gasteiger partial charge is 0.153 e. The van der Waals surface area contributed by atoms with Crippen molar-refractivity contribution in [3.8, 4) is 0 Å². The molecular weight excluding hydrogens is 152 g/mol. The van der Waals surface area contributed by atoms with Crippen LogP contribution in [0, 0.1) is 6.92 Å². The van der Waals surface area contributed by atoms with Gasteiger partial charge in [-0.25, -0.2) is 0 Å². The van der Waals surface area contributed by atoms with Crippen LogP contribution in [0.5, 0.6) is 0 Å². The lowest BCUT2D eigenvalue weighted by Gasteiger charge is -2.10. The summed E-state index contributed by atoms with van der Waals surface area (Å²) in [7, 11) is 0. The monoisotopic (exact) mass is 166 g/mol. The first kappa shape index (κ1) is 8.97. The Hall–Kier alpha value is -1.12. The maximum Gasteiger partial charge on any atom is 0.153 e. The molecule has 3 heteroatoms. The molecule has 0 bridgehead atoms. The molecule has 1 rings (SSSR count). The average Bonchev–Trinajstić information content (AvgIpc) is 2.45. The zero-order chi connectivity index (χ0) is 9.14. The SMILES string of the molecule is CC[C@@H](C)n1ncc(C=O)c1C. The van der Waals surface area contributed by atoms with Gasteiger partial charge in [0.15, 0.2) is 6.29 Å². The predicted molar refractivity (Wildman–Crippen MR) is 47.4 cm³/mol. The lowest BCUT2D eigenvalue weighted by atomic mass is 10.2. The minimum atomic E-state index is 0.374. The van der Waals surface area contributed by atoms with Gasteiger partial charge >= 0.3 is 0 Å². The maximum absolute atomic E-state index is 10.5. The molecule has 0 radical (unpaired) electrons. The highest BCUT2D eigenvalue weighted by Crippen LogP contribution is 2.13. The van der Waals surface area contributed by atoms with Gasteiger partial charge < -0.3 is 0 Å². The van der Waals surface area contributed by atoms with Crippen LogP contribution in [-0.4, -0.2) is 16.1 Å². The molecule has 0 aromatic carbocycles. The first-order valence-electron chi connectivity index (χ1n) is 4.20. The zero-order valence-electron chi connectivity index (χ0n) is 7.74. The highest BCUT2D eigenvalue weighted by Gasteiger charge is 2.09. The van der Waals surface area contributed by atoms with Crippen molar-refractivity contribution in [3.63, 3.8) is 0 Å². The van der Waals surface area contributed by atoms with Crippen molar-refractivity contribution < 1.29 is 4.79 Å². The van der Waals surface area contributed by atoms with Gasteiger partial charge in [0, 0.05) is 11.7 Å². The van der Waals surface area contributed by atoms with Crippen LogP contribution in [0.25, 0.3) is 0 Å². The van der Waals surface area contributed by atoms with Gasteiger partial charge in [0.1, 0.15) is 0 Å². The van der Waals surface area contributed by atoms with Crippen LogP contribution in [0.1, 0.15) is 42.4 Å². The molecule has 0 aliphatic rings. The first-order valence-corrected chi connectivity index (χ1v) is 4.20. The largest absolute Gasteiger partial charge is 0.298 e. The summed E-state index contributed by atoms with van der Waals surface area (Å²) in [5, 5.41) is 4.14. The Kier molecular flexibility index (Phi) is 2.63. The number of rotatable bonds is 3. The molecule has 3 nitrogen and oxygen atoms in total. The Morgan fingerprint density at radius 2 is 2.42 bits per heavy atom. The van der Waals surface area contributed by atoms with E-state index < -0.39 is 0 Å². The van der Waals surface area contributed by atoms with Crippen molar-refractivity contribution in [1.82, 2.24) is 9.78 Å². The molecule has 66 valence electrons. The van der Waals surface area contributed by atoms with E-state index in [9.17, 15) is 4.79 Å². The molecule has 0 spiro atoms. The van der Waals surface area contributed by atoms with Crippen LogP contribution in [0.2, 0.25) is 0 Å². The van der Waals surface area contributed by atoms with Crippen molar-refractivity contribution in [2.45, 2.75) is 33.2 Å². The Morgan fingerprint density at radius 3 is 2.83 bits per heavy atom. The van der Waals surface area contributed by atoms with Crippen LogP contribution < -0.4 is 0 Å². The number of nitrogens with zero attached hydrogens (tertiary/aromatic N) is 2. The van der Waals surface area contributed by atoms with Gasteiger partial charge in [0.2, 0.25) is 0 Å². The van der Waals surface area contributed by atoms with Crippen LogP contribution in [0.4, 0.5) is 0 Å². The van der Waals surface area contributed by atoms with E-state index in [-0.39, 0.29) is 0 Å². The normalized spacial score (nSPS) is 12.9. The summed E-state index contributed by atoms with van der Waals surface area (Å²) in [6.45, 7) is 6.11. The topological polar surface area (TPSA) is 34.9 Å². The predicted octanol–water partition coefficient (Wildman–Crippen LogP) is 1.98. The summed E-state index contributed by atoms with van der Waals surface area (Å²) in [5.41, 5.74) is 1.65. The molecule has 0 N–H and O–H groups in total. The molecule has 0 saturated heterocycles. The van der Waals surface area contributed by atoms with Crippen LogP contribution in [-0.2, 0) is 0 Å². The molecular formula is C9H14N2O. The van der Waals surface area contributed by atoms with Gasteiger partial charge in [-0.05, 0) is 20.3 Å². The van der Waals surface area contributed by atoms with Gasteiger partial charge in [-0.2, -0.15) is 5.10 Å². The summed E-state index contributed by atoms with van der Waals surface area (Å²) in [4.78, 5) is 10.5. The Balaban J connectivity index is 3.01. The molecule has 1 heterocycles. The third kappa shape index (κ3) is 1.40. The third-order valence-electron chi connectivity index (χ3n) is 2.22. The van der Waals surface area contributed by atoms with E-state index in [4.69, 9.17) is 0 Å². The van der Waals surface area contributed by atoms with Crippen molar-refractivity contribution in [1.29, 1.82) is 0 Å². The zero-order valence-corrected chi connectivity index (χ0v) is 7.74. The highest BCUT2D eigenvalue weighted by atomic mass is 16.1. The Bertz CT molecular complexity index is 278. The van der Waals surface area contributed by atoms with Crippen LogP contribution >= 0.6 is 0 Å². The van der Waals surface area contributed by atoms with E-state index in [1.54, 1.807) is 6.20 Å². The molecule has 1 aromatic heterocycles. The molecule has 0 fully saturated rings. The number of aromatic nitrogens is 2. The molecule has 12 heavy (non-hydrogen) atoms. The summed E-state index contributed by atoms with van der Waals surface area (Å²) in [6.07, 6.45) is 3.50. The van der Waals surface area contributed by atoms with E-state index in [0.717, 1.165) is 18.4 Å². The first-order chi connectivity index (χ1) is 5.70. The highest BCUT2D eigenvalue weighted by molar-refractivity contribution is 5.75. The second kappa shape index (κ2) is 3.52. The summed E-state index contributed by atoms with van der Waals surface area (Å²) in [5.74, 6) is 0. The summed E-state index contributed by atoms with van der Waals surface area (Å²) >= 11 is 0. The number of hydrogen-bond donors (Lipinski definition) is 0. The standard InChI is InChI=1S/C9H14N2O/c1-4-7(2)11-8(3)9(6-12)5-10-11/h5-7H,4H2,1-3H3/t7-/m1/s1. The number of aldehydes is 1. The second-order valence-corrected chi connectivity index (χ2v) is 3.01. The van der Waals surface area contributed by atoms with E-state index in [1.807, 2.05) is 11.6 Å². The minimum absolute atomic E-state index is 0.374. The lowest BCUT2D eigenvalue weighted by molar-refractivity contribution is 0.112. The van der Waals surface area contributed by atoms with E-state index in [0.29, 0.717) is 11.6 Å². The Labute approximate surface area is 72.4 Å². The van der Waals surface area contributed by atoms with Crippen molar-refractivity contribution in [2.75, 3.05) is 0 Å². The molecule has 1 aromatic rings. The number of carbonyl (C=O) groups is 1. The van der Waals surface area contributed by atoms with Gasteiger partial charge in [-0.15, -0.1) is 0 Å². The summed E-state index contributed by atoms with van der Waals surface area (Å²) < 4.78 is 1.89. The lowest BCUT2D eigenvalue weighted by Crippen LogP contribution is -2.07. The van der Waals surface area contributed by atoms with Gasteiger partial charge in [-0.1, -0.05) is 6.92 Å². The molecule has 0 aliphatic heterocycles. The van der Waals surface area contributed by atoms with Crippen molar-refractivity contribution in [2.24, 2.45) is 0 Å². The van der Waals surface area contributed by atoms with Crippen molar-refractivity contribution >= 4 is 6.29 Å². The average molecular weight is 166 g/mol. The van der Waals surface area contributed by atoms with Gasteiger partial charge in [0.25, 0.3) is 0 Å². The van der Waals surface area contributed by atoms with E-state index in [1.165, 1.54) is 0 Å². The van der Waals surface area contributed by atoms with Crippen LogP contribution in [0.3, 0.4) is 0 Å². The second-order valence-electron chi connectivity index (χ2n) is 3.01. The number of carbonyl (C=O) groups excluding carboxylic acids is 1.